The van der Waals surface area contributed by atoms with Crippen molar-refractivity contribution in [3.8, 4) is 0 Å². The van der Waals surface area contributed by atoms with E-state index in [0.29, 0.717) is 25.2 Å². The molecule has 6 fully saturated rings. The van der Waals surface area contributed by atoms with Crippen molar-refractivity contribution in [2.24, 2.45) is 28.6 Å². The number of aliphatic hydroxyl groups is 1. The van der Waals surface area contributed by atoms with Crippen LogP contribution in [0.25, 0.3) is 0 Å². The normalized spacial score (nSPS) is 48.5. The van der Waals surface area contributed by atoms with Crippen LogP contribution in [0.5, 0.6) is 0 Å². The van der Waals surface area contributed by atoms with Crippen molar-refractivity contribution in [1.82, 2.24) is 0 Å². The van der Waals surface area contributed by atoms with Crippen LogP contribution in [0, 0.1) is 28.6 Å². The highest BCUT2D eigenvalue weighted by Crippen LogP contribution is 2.73. The van der Waals surface area contributed by atoms with Gasteiger partial charge in [-0.3, -0.25) is 4.79 Å². The van der Waals surface area contributed by atoms with E-state index in [9.17, 15) is 14.7 Å². The maximum absolute atomic E-state index is 13.0. The van der Waals surface area contributed by atoms with Crippen LogP contribution in [-0.4, -0.2) is 60.6 Å². The largest absolute Gasteiger partial charge is 0.462 e. The number of esters is 2. The van der Waals surface area contributed by atoms with Crippen molar-refractivity contribution in [3.05, 3.63) is 11.6 Å². The van der Waals surface area contributed by atoms with Gasteiger partial charge in [-0.05, 0) is 63.2 Å². The fourth-order valence-electron chi connectivity index (χ4n) is 7.84. The van der Waals surface area contributed by atoms with Crippen LogP contribution in [0.2, 0.25) is 0 Å². The Morgan fingerprint density at radius 3 is 2.54 bits per heavy atom. The van der Waals surface area contributed by atoms with Gasteiger partial charge in [0.1, 0.15) is 17.1 Å². The summed E-state index contributed by atoms with van der Waals surface area (Å²) in [6.45, 7) is 10.7. The molecule has 0 radical (unpaired) electrons. The van der Waals surface area contributed by atoms with E-state index in [1.165, 1.54) is 6.92 Å². The Bertz CT molecular complexity index is 896. The van der Waals surface area contributed by atoms with Gasteiger partial charge in [0.2, 0.25) is 6.29 Å². The van der Waals surface area contributed by atoms with Crippen molar-refractivity contribution < 1.29 is 38.4 Å². The lowest BCUT2D eigenvalue weighted by atomic mass is 9.41. The maximum atomic E-state index is 13.0. The smallest absolute Gasteiger partial charge is 0.335 e. The van der Waals surface area contributed by atoms with Crippen molar-refractivity contribution in [2.75, 3.05) is 13.2 Å². The summed E-state index contributed by atoms with van der Waals surface area (Å²) >= 11 is 0. The topological polar surface area (TPSA) is 104 Å². The molecule has 196 valence electrons. The highest BCUT2D eigenvalue weighted by Gasteiger charge is 2.82. The van der Waals surface area contributed by atoms with Gasteiger partial charge in [-0.15, -0.1) is 0 Å². The number of hydrogen-bond acceptors (Lipinski definition) is 8. The predicted molar refractivity (Wildman–Crippen MR) is 125 cm³/mol. The maximum Gasteiger partial charge on any atom is 0.335 e. The Labute approximate surface area is 207 Å². The number of allylic oxidation sites excluding steroid dienone is 1. The van der Waals surface area contributed by atoms with E-state index >= 15 is 0 Å². The molecule has 35 heavy (non-hydrogen) atoms. The highest BCUT2D eigenvalue weighted by atomic mass is 16.7. The van der Waals surface area contributed by atoms with Crippen LogP contribution in [0.4, 0.5) is 0 Å². The zero-order valence-corrected chi connectivity index (χ0v) is 21.6. The summed E-state index contributed by atoms with van der Waals surface area (Å²) in [6.07, 6.45) is 4.41. The molecule has 2 saturated carbocycles. The van der Waals surface area contributed by atoms with Gasteiger partial charge in [0, 0.05) is 24.8 Å². The zero-order chi connectivity index (χ0) is 25.2. The average Bonchev–Trinajstić information content (AvgIpc) is 3.44. The molecular weight excluding hydrogens is 452 g/mol. The standard InChI is InChI=1S/C27H40O8/c1-6-15(2)22(29)35-24-27-20(12-19(34-24)13-26(27)14-32-26)25(5,9-7-18-8-10-31-23(18)30)16(3)11-21(27)33-17(4)28/h6,16,18-21,23-24,30H,7-14H2,1-5H3/b15-6+/t16-,18+,19-,20+,21+,23+,24-,25+,26+,27+/m0/s1. The molecule has 0 unspecified atom stereocenters. The molecule has 0 aromatic heterocycles. The van der Waals surface area contributed by atoms with E-state index in [2.05, 4.69) is 13.8 Å². The number of fused-ring (bicyclic) bond motifs is 1. The quantitative estimate of drug-likeness (QED) is 0.341. The molecule has 8 heteroatoms. The Balaban J connectivity index is 1.55. The number of aliphatic hydroxyl groups excluding tert-OH is 1. The van der Waals surface area contributed by atoms with Gasteiger partial charge in [0.25, 0.3) is 0 Å². The summed E-state index contributed by atoms with van der Waals surface area (Å²) in [7, 11) is 0. The minimum Gasteiger partial charge on any atom is -0.462 e. The molecule has 10 atom stereocenters. The molecule has 8 nitrogen and oxygen atoms in total. The van der Waals surface area contributed by atoms with E-state index in [-0.39, 0.29) is 35.2 Å². The average molecular weight is 493 g/mol. The molecule has 4 aliphatic heterocycles. The number of carbonyl (C=O) groups is 2. The number of rotatable bonds is 6. The van der Waals surface area contributed by atoms with Crippen LogP contribution in [0.3, 0.4) is 0 Å². The second kappa shape index (κ2) is 8.82. The van der Waals surface area contributed by atoms with Gasteiger partial charge in [-0.2, -0.15) is 0 Å². The Morgan fingerprint density at radius 2 is 1.94 bits per heavy atom. The van der Waals surface area contributed by atoms with Crippen molar-refractivity contribution in [2.45, 2.75) is 104 Å². The molecule has 2 bridgehead atoms. The molecule has 6 aliphatic rings. The van der Waals surface area contributed by atoms with Gasteiger partial charge in [0.05, 0.1) is 19.3 Å². The monoisotopic (exact) mass is 492 g/mol. The van der Waals surface area contributed by atoms with E-state index < -0.39 is 35.7 Å². The minimum atomic E-state index is -0.846. The van der Waals surface area contributed by atoms with Crippen LogP contribution in [0.1, 0.15) is 73.1 Å². The minimum absolute atomic E-state index is 0.0706. The molecule has 6 rings (SSSR count). The van der Waals surface area contributed by atoms with Crippen LogP contribution in [0.15, 0.2) is 11.6 Å². The lowest BCUT2D eigenvalue weighted by Gasteiger charge is -2.68. The first-order chi connectivity index (χ1) is 16.6. The molecular formula is C27H40O8. The van der Waals surface area contributed by atoms with Crippen LogP contribution in [-0.2, 0) is 33.3 Å². The predicted octanol–water partition coefficient (Wildman–Crippen LogP) is 3.50. The second-order valence-corrected chi connectivity index (χ2v) is 11.8. The number of carbonyl (C=O) groups excluding carboxylic acids is 2. The number of hydrogen-bond donors (Lipinski definition) is 1. The fourth-order valence-corrected chi connectivity index (χ4v) is 7.84. The lowest BCUT2D eigenvalue weighted by molar-refractivity contribution is -0.368. The highest BCUT2D eigenvalue weighted by molar-refractivity contribution is 5.87. The molecule has 0 aromatic carbocycles. The van der Waals surface area contributed by atoms with Crippen LogP contribution < -0.4 is 0 Å². The number of ether oxygens (including phenoxy) is 5. The third kappa shape index (κ3) is 3.78. The van der Waals surface area contributed by atoms with Crippen LogP contribution >= 0.6 is 0 Å². The Morgan fingerprint density at radius 1 is 1.20 bits per heavy atom. The van der Waals surface area contributed by atoms with Gasteiger partial charge in [-0.1, -0.05) is 19.9 Å². The molecule has 4 heterocycles. The zero-order valence-electron chi connectivity index (χ0n) is 21.6. The third-order valence-corrected chi connectivity index (χ3v) is 10.2. The van der Waals surface area contributed by atoms with Gasteiger partial charge >= 0.3 is 11.9 Å². The van der Waals surface area contributed by atoms with E-state index in [1.54, 1.807) is 19.9 Å². The first-order valence-electron chi connectivity index (χ1n) is 13.2. The first kappa shape index (κ1) is 25.2. The summed E-state index contributed by atoms with van der Waals surface area (Å²) in [6, 6.07) is 0. The number of epoxide rings is 1. The van der Waals surface area contributed by atoms with E-state index in [0.717, 1.165) is 32.1 Å². The fraction of sp³-hybridized carbons (Fsp3) is 0.852. The Kier molecular flexibility index (Phi) is 6.35. The second-order valence-electron chi connectivity index (χ2n) is 11.8. The summed E-state index contributed by atoms with van der Waals surface area (Å²) in [5.41, 5.74) is -0.922. The van der Waals surface area contributed by atoms with Crippen molar-refractivity contribution in [1.29, 1.82) is 0 Å². The van der Waals surface area contributed by atoms with Crippen molar-refractivity contribution in [3.63, 3.8) is 0 Å². The van der Waals surface area contributed by atoms with Gasteiger partial charge < -0.3 is 28.8 Å². The first-order valence-corrected chi connectivity index (χ1v) is 13.2. The molecule has 2 aliphatic carbocycles. The third-order valence-electron chi connectivity index (χ3n) is 10.2. The molecule has 4 saturated heterocycles. The summed E-state index contributed by atoms with van der Waals surface area (Å²) in [4.78, 5) is 25.3. The molecule has 0 amide bonds. The van der Waals surface area contributed by atoms with Gasteiger partial charge in [0.15, 0.2) is 6.29 Å². The van der Waals surface area contributed by atoms with E-state index in [1.807, 2.05) is 0 Å². The SMILES string of the molecule is C/C=C(\C)C(=O)O[C@@H]1O[C@H]2C[C@@H]3[C@](C)(CC[C@@H]4CCO[C@H]4O)[C@@H](C)C[C@@H](OC(C)=O)[C@@]13[C@]1(CO1)C2. The Hall–Kier alpha value is -1.48. The summed E-state index contributed by atoms with van der Waals surface area (Å²) in [5, 5.41) is 10.3. The molecule has 1 N–H and O–H groups in total. The lowest BCUT2D eigenvalue weighted by Crippen LogP contribution is -2.75. The molecule has 0 aromatic rings. The summed E-state index contributed by atoms with van der Waals surface area (Å²) < 4.78 is 30.2. The van der Waals surface area contributed by atoms with Crippen molar-refractivity contribution >= 4 is 11.9 Å². The molecule has 2 spiro atoms. The summed E-state index contributed by atoms with van der Waals surface area (Å²) in [5.74, 6) is -0.312. The van der Waals surface area contributed by atoms with E-state index in [4.69, 9.17) is 23.7 Å². The van der Waals surface area contributed by atoms with Gasteiger partial charge in [-0.25, -0.2) is 4.79 Å².